The summed E-state index contributed by atoms with van der Waals surface area (Å²) in [6, 6.07) is -5.11. The summed E-state index contributed by atoms with van der Waals surface area (Å²) in [6.45, 7) is 5.08. The lowest BCUT2D eigenvalue weighted by atomic mass is 10.0. The third-order valence-corrected chi connectivity index (χ3v) is 5.00. The van der Waals surface area contributed by atoms with Crippen molar-refractivity contribution >= 4 is 35.6 Å². The summed E-state index contributed by atoms with van der Waals surface area (Å²) in [5, 5.41) is 26.5. The molecule has 0 fully saturated rings. The van der Waals surface area contributed by atoms with E-state index in [0.29, 0.717) is 6.42 Å². The minimum Gasteiger partial charge on any atom is -0.480 e. The molecular formula is C21H40N8O7. The van der Waals surface area contributed by atoms with Crippen molar-refractivity contribution in [1.29, 1.82) is 0 Å². The predicted octanol–water partition coefficient (Wildman–Crippen LogP) is -3.40. The Hall–Kier alpha value is -3.46. The van der Waals surface area contributed by atoms with E-state index in [1.54, 1.807) is 0 Å². The highest BCUT2D eigenvalue weighted by molar-refractivity contribution is 5.94. The number of amides is 4. The SMILES string of the molecule is CC(C)CC(N)C(=O)NC(CCC(N)=O)C(=O)NC(C(=O)NC(CCCN=C(N)N)C(=O)O)C(C)O. The van der Waals surface area contributed by atoms with E-state index in [0.717, 1.165) is 0 Å². The fourth-order valence-corrected chi connectivity index (χ4v) is 3.13. The molecule has 5 atom stereocenters. The number of carboxylic acids is 1. The van der Waals surface area contributed by atoms with Gasteiger partial charge in [0.25, 0.3) is 0 Å². The first-order valence-electron chi connectivity index (χ1n) is 11.6. The fourth-order valence-electron chi connectivity index (χ4n) is 3.13. The molecule has 36 heavy (non-hydrogen) atoms. The zero-order valence-electron chi connectivity index (χ0n) is 20.9. The van der Waals surface area contributed by atoms with Crippen LogP contribution in [0.5, 0.6) is 0 Å². The molecule has 13 N–H and O–H groups in total. The van der Waals surface area contributed by atoms with E-state index >= 15 is 0 Å². The van der Waals surface area contributed by atoms with Crippen LogP contribution < -0.4 is 38.9 Å². The highest BCUT2D eigenvalue weighted by atomic mass is 16.4. The van der Waals surface area contributed by atoms with Crippen molar-refractivity contribution in [3.8, 4) is 0 Å². The van der Waals surface area contributed by atoms with E-state index in [1.165, 1.54) is 6.92 Å². The summed E-state index contributed by atoms with van der Waals surface area (Å²) < 4.78 is 0. The van der Waals surface area contributed by atoms with E-state index in [-0.39, 0.29) is 44.1 Å². The van der Waals surface area contributed by atoms with Gasteiger partial charge in [0.15, 0.2) is 5.96 Å². The fraction of sp³-hybridized carbons (Fsp3) is 0.714. The quantitative estimate of drug-likeness (QED) is 0.0524. The van der Waals surface area contributed by atoms with Gasteiger partial charge in [-0.05, 0) is 38.5 Å². The van der Waals surface area contributed by atoms with Crippen molar-refractivity contribution in [2.75, 3.05) is 6.54 Å². The number of rotatable bonds is 17. The second-order valence-electron chi connectivity index (χ2n) is 8.88. The molecule has 0 aromatic rings. The van der Waals surface area contributed by atoms with E-state index in [4.69, 9.17) is 22.9 Å². The van der Waals surface area contributed by atoms with Crippen molar-refractivity contribution < 1.29 is 34.2 Å². The van der Waals surface area contributed by atoms with Crippen LogP contribution in [0.2, 0.25) is 0 Å². The Morgan fingerprint density at radius 1 is 0.861 bits per heavy atom. The zero-order chi connectivity index (χ0) is 28.0. The molecule has 0 aliphatic rings. The van der Waals surface area contributed by atoms with Crippen molar-refractivity contribution in [3.63, 3.8) is 0 Å². The minimum atomic E-state index is -1.56. The summed E-state index contributed by atoms with van der Waals surface area (Å²) in [6.07, 6.45) is -1.31. The number of aliphatic imine (C=N–C) groups is 1. The Bertz CT molecular complexity index is 799. The summed E-state index contributed by atoms with van der Waals surface area (Å²) in [5.74, 6) is -4.61. The number of primary amides is 1. The minimum absolute atomic E-state index is 0.0244. The summed E-state index contributed by atoms with van der Waals surface area (Å²) in [4.78, 5) is 64.5. The molecule has 4 amide bonds. The molecule has 0 aliphatic heterocycles. The molecule has 206 valence electrons. The van der Waals surface area contributed by atoms with Crippen LogP contribution in [0.3, 0.4) is 0 Å². The topological polar surface area (TPSA) is 278 Å². The number of hydrogen-bond acceptors (Lipinski definition) is 8. The summed E-state index contributed by atoms with van der Waals surface area (Å²) in [5.41, 5.74) is 21.4. The van der Waals surface area contributed by atoms with Gasteiger partial charge in [0.1, 0.15) is 18.1 Å². The number of aliphatic hydroxyl groups is 1. The monoisotopic (exact) mass is 516 g/mol. The molecule has 0 heterocycles. The van der Waals surface area contributed by atoms with E-state index < -0.39 is 59.9 Å². The average Bonchev–Trinajstić information content (AvgIpc) is 2.75. The molecule has 0 spiro atoms. The third-order valence-electron chi connectivity index (χ3n) is 5.00. The molecule has 15 nitrogen and oxygen atoms in total. The number of nitrogens with two attached hydrogens (primary N) is 4. The van der Waals surface area contributed by atoms with E-state index in [1.807, 2.05) is 13.8 Å². The Morgan fingerprint density at radius 3 is 1.92 bits per heavy atom. The first-order chi connectivity index (χ1) is 16.6. The number of guanidine groups is 1. The van der Waals surface area contributed by atoms with Crippen LogP contribution in [0.25, 0.3) is 0 Å². The third kappa shape index (κ3) is 13.4. The van der Waals surface area contributed by atoms with Crippen LogP contribution in [0, 0.1) is 5.92 Å². The lowest BCUT2D eigenvalue weighted by Crippen LogP contribution is -2.60. The standard InChI is InChI=1S/C21H40N8O7/c1-10(2)9-12(22)17(32)27-13(6-7-15(23)31)18(33)29-16(11(3)30)19(34)28-14(20(35)36)5-4-8-26-21(24)25/h10-14,16,30H,4-9,22H2,1-3H3,(H2,23,31)(H,27,32)(H,28,34)(H,29,33)(H,35,36)(H4,24,25,26). The van der Waals surface area contributed by atoms with Gasteiger partial charge in [-0.2, -0.15) is 0 Å². The molecular weight excluding hydrogens is 476 g/mol. The molecule has 0 radical (unpaired) electrons. The lowest BCUT2D eigenvalue weighted by Gasteiger charge is -2.26. The number of carbonyl (C=O) groups is 5. The number of carboxylic acid groups (broad SMARTS) is 1. The van der Waals surface area contributed by atoms with Gasteiger partial charge in [-0.15, -0.1) is 0 Å². The van der Waals surface area contributed by atoms with Gasteiger partial charge >= 0.3 is 5.97 Å². The van der Waals surface area contributed by atoms with Gasteiger partial charge in [0, 0.05) is 13.0 Å². The first-order valence-corrected chi connectivity index (χ1v) is 11.6. The van der Waals surface area contributed by atoms with Crippen LogP contribution in [0.4, 0.5) is 0 Å². The van der Waals surface area contributed by atoms with E-state index in [2.05, 4.69) is 20.9 Å². The maximum absolute atomic E-state index is 12.9. The molecule has 0 saturated heterocycles. The maximum Gasteiger partial charge on any atom is 0.326 e. The molecule has 0 rings (SSSR count). The molecule has 0 saturated carbocycles. The summed E-state index contributed by atoms with van der Waals surface area (Å²) >= 11 is 0. The number of aliphatic carboxylic acids is 1. The van der Waals surface area contributed by atoms with Crippen LogP contribution in [-0.4, -0.2) is 82.6 Å². The molecule has 5 unspecified atom stereocenters. The van der Waals surface area contributed by atoms with Gasteiger partial charge in [0.05, 0.1) is 12.1 Å². The molecule has 0 aromatic heterocycles. The van der Waals surface area contributed by atoms with Gasteiger partial charge < -0.3 is 49.1 Å². The zero-order valence-corrected chi connectivity index (χ0v) is 20.9. The number of nitrogens with one attached hydrogen (secondary N) is 3. The molecule has 0 aromatic carbocycles. The van der Waals surface area contributed by atoms with Gasteiger partial charge in [-0.1, -0.05) is 13.8 Å². The first kappa shape index (κ1) is 32.5. The normalized spacial score (nSPS) is 15.1. The smallest absolute Gasteiger partial charge is 0.326 e. The van der Waals surface area contributed by atoms with Crippen molar-refractivity contribution in [1.82, 2.24) is 16.0 Å². The van der Waals surface area contributed by atoms with Gasteiger partial charge in [0.2, 0.25) is 23.6 Å². The van der Waals surface area contributed by atoms with Gasteiger partial charge in [-0.3, -0.25) is 24.2 Å². The summed E-state index contributed by atoms with van der Waals surface area (Å²) in [7, 11) is 0. The Balaban J connectivity index is 5.43. The van der Waals surface area contributed by atoms with Crippen LogP contribution in [0.15, 0.2) is 4.99 Å². The Labute approximate surface area is 209 Å². The molecule has 0 bridgehead atoms. The predicted molar refractivity (Wildman–Crippen MR) is 131 cm³/mol. The van der Waals surface area contributed by atoms with Gasteiger partial charge in [-0.25, -0.2) is 4.79 Å². The van der Waals surface area contributed by atoms with E-state index in [9.17, 15) is 34.2 Å². The molecule has 15 heteroatoms. The maximum atomic E-state index is 12.9. The van der Waals surface area contributed by atoms with Crippen LogP contribution in [0.1, 0.15) is 52.9 Å². The number of aliphatic hydroxyl groups excluding tert-OH is 1. The Morgan fingerprint density at radius 2 is 1.44 bits per heavy atom. The Kier molecular flexibility index (Phi) is 14.7. The van der Waals surface area contributed by atoms with Crippen LogP contribution >= 0.6 is 0 Å². The number of nitrogens with zero attached hydrogens (tertiary/aromatic N) is 1. The average molecular weight is 517 g/mol. The van der Waals surface area contributed by atoms with Crippen LogP contribution in [-0.2, 0) is 24.0 Å². The molecule has 0 aliphatic carbocycles. The van der Waals surface area contributed by atoms with Crippen molar-refractivity contribution in [2.24, 2.45) is 33.8 Å². The van der Waals surface area contributed by atoms with Crippen molar-refractivity contribution in [3.05, 3.63) is 0 Å². The highest BCUT2D eigenvalue weighted by Crippen LogP contribution is 2.06. The second-order valence-corrected chi connectivity index (χ2v) is 8.88. The lowest BCUT2D eigenvalue weighted by molar-refractivity contribution is -0.143. The largest absolute Gasteiger partial charge is 0.480 e. The highest BCUT2D eigenvalue weighted by Gasteiger charge is 2.32. The number of carbonyl (C=O) groups excluding carboxylic acids is 4. The second kappa shape index (κ2) is 16.3. The number of hydrogen-bond donors (Lipinski definition) is 9. The van der Waals surface area contributed by atoms with Crippen molar-refractivity contribution in [2.45, 2.75) is 83.1 Å².